The summed E-state index contributed by atoms with van der Waals surface area (Å²) in [4.78, 5) is 26.3. The molecule has 134 valence electrons. The number of carbonyl (C=O) groups excluding carboxylic acids is 2. The van der Waals surface area contributed by atoms with Crippen molar-refractivity contribution >= 4 is 23.1 Å². The molecular formula is C20H20N2O4. The third kappa shape index (κ3) is 3.26. The van der Waals surface area contributed by atoms with Crippen LogP contribution in [0.3, 0.4) is 0 Å². The van der Waals surface area contributed by atoms with E-state index in [1.807, 2.05) is 25.1 Å². The van der Waals surface area contributed by atoms with E-state index in [0.29, 0.717) is 34.9 Å². The van der Waals surface area contributed by atoms with Gasteiger partial charge in [-0.05, 0) is 36.8 Å². The Morgan fingerprint density at radius 2 is 1.73 bits per heavy atom. The molecule has 1 aliphatic heterocycles. The molecule has 0 bridgehead atoms. The minimum Gasteiger partial charge on any atom is -0.497 e. The Bertz CT molecular complexity index is 872. The van der Waals surface area contributed by atoms with Gasteiger partial charge in [0.15, 0.2) is 0 Å². The lowest BCUT2D eigenvalue weighted by Gasteiger charge is -2.10. The van der Waals surface area contributed by atoms with Crippen molar-refractivity contribution in [2.75, 3.05) is 26.1 Å². The molecule has 0 saturated carbocycles. The van der Waals surface area contributed by atoms with Crippen molar-refractivity contribution in [2.24, 2.45) is 0 Å². The number of imide groups is 1. The van der Waals surface area contributed by atoms with Crippen LogP contribution in [0, 0.1) is 0 Å². The molecule has 0 aliphatic carbocycles. The number of carbonyl (C=O) groups is 2. The Labute approximate surface area is 152 Å². The summed E-state index contributed by atoms with van der Waals surface area (Å²) in [5.41, 5.74) is 1.91. The van der Waals surface area contributed by atoms with Gasteiger partial charge in [-0.15, -0.1) is 0 Å². The van der Waals surface area contributed by atoms with Crippen LogP contribution in [0.15, 0.2) is 54.2 Å². The number of methoxy groups -OCH3 is 1. The van der Waals surface area contributed by atoms with Crippen molar-refractivity contribution in [1.29, 1.82) is 0 Å². The molecule has 6 heteroatoms. The van der Waals surface area contributed by atoms with Crippen molar-refractivity contribution < 1.29 is 19.1 Å². The monoisotopic (exact) mass is 352 g/mol. The van der Waals surface area contributed by atoms with Crippen LogP contribution in [-0.2, 0) is 9.59 Å². The number of nitrogens with zero attached hydrogens (tertiary/aromatic N) is 1. The fourth-order valence-corrected chi connectivity index (χ4v) is 2.76. The molecule has 1 aliphatic rings. The highest BCUT2D eigenvalue weighted by atomic mass is 16.5. The highest BCUT2D eigenvalue weighted by molar-refractivity contribution is 6.36. The van der Waals surface area contributed by atoms with Gasteiger partial charge < -0.3 is 14.8 Å². The first-order chi connectivity index (χ1) is 12.5. The van der Waals surface area contributed by atoms with Crippen molar-refractivity contribution in [3.63, 3.8) is 0 Å². The molecule has 0 atom stereocenters. The smallest absolute Gasteiger partial charge is 0.277 e. The predicted molar refractivity (Wildman–Crippen MR) is 98.9 cm³/mol. The van der Waals surface area contributed by atoms with E-state index >= 15 is 0 Å². The molecule has 0 unspecified atom stereocenters. The van der Waals surface area contributed by atoms with Crippen LogP contribution in [0.1, 0.15) is 12.5 Å². The SMILES string of the molecule is CCOc1cccc(NC2=C(c3ccc(OC)cc3)C(=O)N(C)C2=O)c1. The molecule has 0 saturated heterocycles. The van der Waals surface area contributed by atoms with Crippen LogP contribution < -0.4 is 14.8 Å². The number of benzene rings is 2. The molecule has 0 aromatic heterocycles. The fourth-order valence-electron chi connectivity index (χ4n) is 2.76. The van der Waals surface area contributed by atoms with Gasteiger partial charge in [-0.3, -0.25) is 14.5 Å². The molecular weight excluding hydrogens is 332 g/mol. The van der Waals surface area contributed by atoms with Gasteiger partial charge in [0.05, 0.1) is 19.3 Å². The zero-order valence-electron chi connectivity index (χ0n) is 14.9. The second-order valence-electron chi connectivity index (χ2n) is 5.73. The number of amides is 2. The Morgan fingerprint density at radius 3 is 2.38 bits per heavy atom. The lowest BCUT2D eigenvalue weighted by atomic mass is 10.0. The van der Waals surface area contributed by atoms with Gasteiger partial charge in [-0.2, -0.15) is 0 Å². The van der Waals surface area contributed by atoms with Crippen LogP contribution in [0.4, 0.5) is 5.69 Å². The highest BCUT2D eigenvalue weighted by Gasteiger charge is 2.36. The van der Waals surface area contributed by atoms with E-state index in [2.05, 4.69) is 5.32 Å². The number of ether oxygens (including phenoxy) is 2. The van der Waals surface area contributed by atoms with E-state index < -0.39 is 0 Å². The van der Waals surface area contributed by atoms with Crippen molar-refractivity contribution in [3.05, 3.63) is 59.8 Å². The minimum atomic E-state index is -0.373. The summed E-state index contributed by atoms with van der Waals surface area (Å²) in [6.45, 7) is 2.45. The number of anilines is 1. The average molecular weight is 352 g/mol. The largest absolute Gasteiger partial charge is 0.497 e. The Morgan fingerprint density at radius 1 is 1.00 bits per heavy atom. The summed E-state index contributed by atoms with van der Waals surface area (Å²) in [6.07, 6.45) is 0. The van der Waals surface area contributed by atoms with Gasteiger partial charge in [0, 0.05) is 18.8 Å². The molecule has 1 N–H and O–H groups in total. The maximum atomic E-state index is 12.6. The molecule has 6 nitrogen and oxygen atoms in total. The maximum Gasteiger partial charge on any atom is 0.277 e. The van der Waals surface area contributed by atoms with E-state index in [1.54, 1.807) is 37.4 Å². The van der Waals surface area contributed by atoms with Crippen molar-refractivity contribution in [1.82, 2.24) is 4.90 Å². The highest BCUT2D eigenvalue weighted by Crippen LogP contribution is 2.31. The van der Waals surface area contributed by atoms with E-state index in [-0.39, 0.29) is 17.5 Å². The number of hydrogen-bond donors (Lipinski definition) is 1. The van der Waals surface area contributed by atoms with E-state index in [4.69, 9.17) is 9.47 Å². The predicted octanol–water partition coefficient (Wildman–Crippen LogP) is 2.92. The molecule has 0 fully saturated rings. The number of hydrogen-bond acceptors (Lipinski definition) is 5. The van der Waals surface area contributed by atoms with Crippen LogP contribution in [0.25, 0.3) is 5.57 Å². The van der Waals surface area contributed by atoms with E-state index in [1.165, 1.54) is 7.05 Å². The van der Waals surface area contributed by atoms with Gasteiger partial charge in [0.25, 0.3) is 11.8 Å². The normalized spacial score (nSPS) is 14.0. The summed E-state index contributed by atoms with van der Waals surface area (Å²) in [5.74, 6) is 0.652. The standard InChI is InChI=1S/C20H20N2O4/c1-4-26-16-7-5-6-14(12-16)21-18-17(19(23)22(2)20(18)24)13-8-10-15(25-3)11-9-13/h5-12,21H,4H2,1-3H3. The van der Waals surface area contributed by atoms with Gasteiger partial charge >= 0.3 is 0 Å². The van der Waals surface area contributed by atoms with Gasteiger partial charge in [-0.1, -0.05) is 18.2 Å². The molecule has 26 heavy (non-hydrogen) atoms. The van der Waals surface area contributed by atoms with E-state index in [9.17, 15) is 9.59 Å². The molecule has 0 spiro atoms. The third-order valence-corrected chi connectivity index (χ3v) is 4.08. The lowest BCUT2D eigenvalue weighted by Crippen LogP contribution is -2.27. The van der Waals surface area contributed by atoms with Crippen LogP contribution >= 0.6 is 0 Å². The van der Waals surface area contributed by atoms with Gasteiger partial charge in [-0.25, -0.2) is 0 Å². The van der Waals surface area contributed by atoms with Gasteiger partial charge in [0.2, 0.25) is 0 Å². The second-order valence-corrected chi connectivity index (χ2v) is 5.73. The number of rotatable bonds is 6. The third-order valence-electron chi connectivity index (χ3n) is 4.08. The summed E-state index contributed by atoms with van der Waals surface area (Å²) in [6, 6.07) is 14.3. The zero-order valence-corrected chi connectivity index (χ0v) is 14.9. The molecule has 1 heterocycles. The Kier molecular flexibility index (Phi) is 4.93. The van der Waals surface area contributed by atoms with Crippen molar-refractivity contribution in [3.8, 4) is 11.5 Å². The summed E-state index contributed by atoms with van der Waals surface area (Å²) in [5, 5.41) is 3.08. The molecule has 2 amide bonds. The van der Waals surface area contributed by atoms with Gasteiger partial charge in [0.1, 0.15) is 17.2 Å². The number of likely N-dealkylation sites (N-methyl/N-ethyl adjacent to an activating group) is 1. The first-order valence-corrected chi connectivity index (χ1v) is 8.26. The topological polar surface area (TPSA) is 67.9 Å². The van der Waals surface area contributed by atoms with Crippen LogP contribution in [-0.4, -0.2) is 37.5 Å². The minimum absolute atomic E-state index is 0.247. The lowest BCUT2D eigenvalue weighted by molar-refractivity contribution is -0.135. The van der Waals surface area contributed by atoms with Crippen LogP contribution in [0.2, 0.25) is 0 Å². The average Bonchev–Trinajstić information content (AvgIpc) is 2.86. The maximum absolute atomic E-state index is 12.6. The summed E-state index contributed by atoms with van der Waals surface area (Å²) in [7, 11) is 3.05. The first-order valence-electron chi connectivity index (χ1n) is 8.26. The first kappa shape index (κ1) is 17.5. The molecule has 2 aromatic rings. The van der Waals surface area contributed by atoms with Crippen molar-refractivity contribution in [2.45, 2.75) is 6.92 Å². The Hall–Kier alpha value is -3.28. The summed E-state index contributed by atoms with van der Waals surface area (Å²) >= 11 is 0. The number of nitrogens with one attached hydrogen (secondary N) is 1. The fraction of sp³-hybridized carbons (Fsp3) is 0.200. The molecule has 2 aromatic carbocycles. The summed E-state index contributed by atoms with van der Waals surface area (Å²) < 4.78 is 10.6. The Balaban J connectivity index is 2.01. The van der Waals surface area contributed by atoms with E-state index in [0.717, 1.165) is 4.90 Å². The quantitative estimate of drug-likeness (QED) is 0.810. The zero-order chi connectivity index (χ0) is 18.7. The second kappa shape index (κ2) is 7.31. The molecule has 0 radical (unpaired) electrons. The van der Waals surface area contributed by atoms with Crippen LogP contribution in [0.5, 0.6) is 11.5 Å². The molecule has 3 rings (SSSR count).